The lowest BCUT2D eigenvalue weighted by molar-refractivity contribution is -0.0443. The summed E-state index contributed by atoms with van der Waals surface area (Å²) in [6.45, 7) is 4.98. The Bertz CT molecular complexity index is 3140. The maximum absolute atomic E-state index is 2.60. The summed E-state index contributed by atoms with van der Waals surface area (Å²) in [5, 5.41) is 2.56. The van der Waals surface area contributed by atoms with Gasteiger partial charge in [0.1, 0.15) is 0 Å². The molecule has 63 heavy (non-hydrogen) atoms. The topological polar surface area (TPSA) is 8.17 Å². The molecule has 4 saturated carbocycles. The van der Waals surface area contributed by atoms with E-state index in [1.807, 2.05) is 0 Å². The lowest BCUT2D eigenvalue weighted by atomic mass is 9.39. The minimum atomic E-state index is -0.141. The van der Waals surface area contributed by atoms with Gasteiger partial charge in [0.2, 0.25) is 0 Å². The standard InChI is InChI=1S/C61H52N2/c1-60(2)53-22-9-10-23-54(53)61(45-34-40-33-41(36-45)37-46(61)35-40)55-32-31-49(39-56(55)60)62(57-24-11-6-19-50(57)43-15-4-3-5-16-43)47-29-27-42(28-30-47)44-17-14-18-48(38-44)63-58-25-12-7-20-51(58)52-21-8-13-26-59(52)63/h3-32,38-41,45-46H,33-37H2,1-2H3. The zero-order chi connectivity index (χ0) is 41.9. The summed E-state index contributed by atoms with van der Waals surface area (Å²) in [7, 11) is 0. The molecule has 306 valence electrons. The third kappa shape index (κ3) is 5.43. The number of anilines is 3. The highest BCUT2D eigenvalue weighted by Crippen LogP contribution is 2.69. The van der Waals surface area contributed by atoms with Gasteiger partial charge in [-0.2, -0.15) is 0 Å². The van der Waals surface area contributed by atoms with Crippen LogP contribution in [0.1, 0.15) is 68.2 Å². The lowest BCUT2D eigenvalue weighted by Crippen LogP contribution is -2.58. The first kappa shape index (κ1) is 37.0. The molecule has 0 amide bonds. The van der Waals surface area contributed by atoms with E-state index >= 15 is 0 Å². The van der Waals surface area contributed by atoms with Crippen LogP contribution in [0.5, 0.6) is 0 Å². The van der Waals surface area contributed by atoms with Crippen LogP contribution >= 0.6 is 0 Å². The van der Waals surface area contributed by atoms with Crippen LogP contribution in [0.4, 0.5) is 17.1 Å². The molecule has 0 saturated heterocycles. The van der Waals surface area contributed by atoms with Crippen molar-refractivity contribution in [3.05, 3.63) is 216 Å². The Labute approximate surface area is 371 Å². The van der Waals surface area contributed by atoms with Crippen LogP contribution in [0.15, 0.2) is 194 Å². The van der Waals surface area contributed by atoms with Gasteiger partial charge in [0.05, 0.1) is 16.7 Å². The van der Waals surface area contributed by atoms with Gasteiger partial charge in [-0.15, -0.1) is 0 Å². The number of para-hydroxylation sites is 3. The molecule has 5 aliphatic carbocycles. The zero-order valence-corrected chi connectivity index (χ0v) is 36.2. The molecule has 8 aromatic carbocycles. The SMILES string of the molecule is CC1(C)c2ccccc2C2(c3ccc(N(c4ccc(-c5cccc(-n6c7ccccc7c7ccccc76)c5)cc4)c4ccccc4-c4ccccc4)cc31)C1CC3CC(C1)CC2C3. The molecule has 0 aliphatic heterocycles. The van der Waals surface area contributed by atoms with E-state index < -0.39 is 0 Å². The molecule has 4 bridgehead atoms. The first-order valence-corrected chi connectivity index (χ1v) is 23.4. The van der Waals surface area contributed by atoms with Crippen molar-refractivity contribution in [1.29, 1.82) is 0 Å². The summed E-state index contributed by atoms with van der Waals surface area (Å²) in [5.41, 5.74) is 18.2. The van der Waals surface area contributed by atoms with E-state index in [1.165, 1.54) is 104 Å². The second-order valence-electron chi connectivity index (χ2n) is 19.8. The summed E-state index contributed by atoms with van der Waals surface area (Å²) in [6, 6.07) is 73.0. The van der Waals surface area contributed by atoms with Crippen LogP contribution < -0.4 is 4.90 Å². The van der Waals surface area contributed by atoms with Crippen molar-refractivity contribution in [3.63, 3.8) is 0 Å². The molecule has 0 radical (unpaired) electrons. The number of aromatic nitrogens is 1. The summed E-state index contributed by atoms with van der Waals surface area (Å²) in [5.74, 6) is 3.25. The number of hydrogen-bond donors (Lipinski definition) is 0. The molecule has 0 atom stereocenters. The van der Waals surface area contributed by atoms with Crippen molar-refractivity contribution in [3.8, 4) is 27.9 Å². The van der Waals surface area contributed by atoms with Crippen LogP contribution in [-0.2, 0) is 10.8 Å². The molecule has 2 heteroatoms. The summed E-state index contributed by atoms with van der Waals surface area (Å²) < 4.78 is 2.41. The third-order valence-electron chi connectivity index (χ3n) is 16.2. The van der Waals surface area contributed by atoms with E-state index in [0.717, 1.165) is 17.5 Å². The molecule has 1 aromatic heterocycles. The third-order valence-corrected chi connectivity index (χ3v) is 16.2. The molecular weight excluding hydrogens is 761 g/mol. The van der Waals surface area contributed by atoms with E-state index in [-0.39, 0.29) is 10.8 Å². The van der Waals surface area contributed by atoms with Crippen molar-refractivity contribution >= 4 is 38.9 Å². The molecular formula is C61H52N2. The van der Waals surface area contributed by atoms with Crippen molar-refractivity contribution in [2.45, 2.75) is 56.8 Å². The predicted molar refractivity (Wildman–Crippen MR) is 263 cm³/mol. The van der Waals surface area contributed by atoms with E-state index in [1.54, 1.807) is 11.1 Å². The summed E-state index contributed by atoms with van der Waals surface area (Å²) >= 11 is 0. The Morgan fingerprint density at radius 3 is 1.71 bits per heavy atom. The Morgan fingerprint density at radius 1 is 0.429 bits per heavy atom. The van der Waals surface area contributed by atoms with Crippen molar-refractivity contribution < 1.29 is 0 Å². The van der Waals surface area contributed by atoms with Crippen LogP contribution in [0.3, 0.4) is 0 Å². The fraction of sp³-hybridized carbons (Fsp3) is 0.213. The first-order valence-electron chi connectivity index (χ1n) is 23.4. The maximum Gasteiger partial charge on any atom is 0.0541 e. The number of hydrogen-bond acceptors (Lipinski definition) is 1. The molecule has 14 rings (SSSR count). The zero-order valence-electron chi connectivity index (χ0n) is 36.2. The van der Waals surface area contributed by atoms with Gasteiger partial charge in [-0.05, 0) is 149 Å². The number of fused-ring (bicyclic) bond motifs is 5. The van der Waals surface area contributed by atoms with Crippen LogP contribution in [0.25, 0.3) is 49.7 Å². The molecule has 4 fully saturated rings. The van der Waals surface area contributed by atoms with Crippen LogP contribution in [0.2, 0.25) is 0 Å². The summed E-state index contributed by atoms with van der Waals surface area (Å²) in [4.78, 5) is 2.53. The Morgan fingerprint density at radius 2 is 1.00 bits per heavy atom. The normalized spacial score (nSPS) is 22.6. The fourth-order valence-corrected chi connectivity index (χ4v) is 13.8. The molecule has 2 nitrogen and oxygen atoms in total. The minimum absolute atomic E-state index is 0.0928. The summed E-state index contributed by atoms with van der Waals surface area (Å²) in [6.07, 6.45) is 6.99. The Kier molecular flexibility index (Phi) is 8.17. The first-order chi connectivity index (χ1) is 31.0. The number of nitrogens with zero attached hydrogens (tertiary/aromatic N) is 2. The second-order valence-corrected chi connectivity index (χ2v) is 19.8. The van der Waals surface area contributed by atoms with Gasteiger partial charge >= 0.3 is 0 Å². The average molecular weight is 813 g/mol. The highest BCUT2D eigenvalue weighted by atomic mass is 15.1. The predicted octanol–water partition coefficient (Wildman–Crippen LogP) is 16.0. The Hall–Kier alpha value is -6.64. The molecule has 0 unspecified atom stereocenters. The van der Waals surface area contributed by atoms with Gasteiger partial charge in [-0.3, -0.25) is 0 Å². The van der Waals surface area contributed by atoms with E-state index in [9.17, 15) is 0 Å². The Balaban J connectivity index is 0.962. The van der Waals surface area contributed by atoms with Gasteiger partial charge in [0.15, 0.2) is 0 Å². The van der Waals surface area contributed by atoms with Crippen molar-refractivity contribution in [1.82, 2.24) is 4.57 Å². The maximum atomic E-state index is 2.60. The largest absolute Gasteiger partial charge is 0.310 e. The number of benzene rings is 8. The highest BCUT2D eigenvalue weighted by Gasteiger charge is 2.62. The molecule has 5 aliphatic rings. The van der Waals surface area contributed by atoms with Crippen LogP contribution in [-0.4, -0.2) is 4.57 Å². The minimum Gasteiger partial charge on any atom is -0.310 e. The fourth-order valence-electron chi connectivity index (χ4n) is 13.8. The molecule has 0 N–H and O–H groups in total. The average Bonchev–Trinajstić information content (AvgIpc) is 3.67. The second kappa shape index (κ2) is 13.9. The molecule has 1 heterocycles. The van der Waals surface area contributed by atoms with Crippen LogP contribution in [0, 0.1) is 23.7 Å². The van der Waals surface area contributed by atoms with Gasteiger partial charge < -0.3 is 9.47 Å². The lowest BCUT2D eigenvalue weighted by Gasteiger charge is -2.64. The van der Waals surface area contributed by atoms with Gasteiger partial charge in [0, 0.05) is 44.2 Å². The van der Waals surface area contributed by atoms with E-state index in [4.69, 9.17) is 0 Å². The quantitative estimate of drug-likeness (QED) is 0.162. The number of rotatable bonds is 6. The molecule has 9 aromatic rings. The highest BCUT2D eigenvalue weighted by molar-refractivity contribution is 6.09. The van der Waals surface area contributed by atoms with Gasteiger partial charge in [-0.1, -0.05) is 153 Å². The van der Waals surface area contributed by atoms with Crippen molar-refractivity contribution in [2.75, 3.05) is 4.90 Å². The van der Waals surface area contributed by atoms with Gasteiger partial charge in [0.25, 0.3) is 0 Å². The smallest absolute Gasteiger partial charge is 0.0541 e. The molecule has 1 spiro atoms. The van der Waals surface area contributed by atoms with E-state index in [0.29, 0.717) is 11.8 Å². The monoisotopic (exact) mass is 812 g/mol. The van der Waals surface area contributed by atoms with Gasteiger partial charge in [-0.25, -0.2) is 0 Å². The van der Waals surface area contributed by atoms with Crippen molar-refractivity contribution in [2.24, 2.45) is 23.7 Å². The van der Waals surface area contributed by atoms with E-state index in [2.05, 4.69) is 217 Å².